The lowest BCUT2D eigenvalue weighted by molar-refractivity contribution is 0.0964. The summed E-state index contributed by atoms with van der Waals surface area (Å²) in [5, 5.41) is 0. The van der Waals surface area contributed by atoms with Crippen LogP contribution in [0.5, 0.6) is 0 Å². The van der Waals surface area contributed by atoms with Crippen LogP contribution in [0, 0.1) is 0 Å². The first-order valence-corrected chi connectivity index (χ1v) is 9.54. The number of pyridine rings is 1. The number of hydrogen-bond donors (Lipinski definition) is 1. The summed E-state index contributed by atoms with van der Waals surface area (Å²) in [6, 6.07) is 5.19. The van der Waals surface area contributed by atoms with Crippen molar-refractivity contribution in [3.8, 4) is 0 Å². The van der Waals surface area contributed by atoms with E-state index in [1.54, 1.807) is 6.20 Å². The molecule has 2 saturated heterocycles. The Morgan fingerprint density at radius 3 is 2.60 bits per heavy atom. The number of rotatable bonds is 4. The molecule has 0 radical (unpaired) electrons. The highest BCUT2D eigenvalue weighted by molar-refractivity contribution is 5.96. The molecule has 2 aliphatic heterocycles. The molecule has 2 aliphatic rings. The van der Waals surface area contributed by atoms with Crippen molar-refractivity contribution in [1.29, 1.82) is 0 Å². The first kappa shape index (κ1) is 18.1. The van der Waals surface area contributed by atoms with Gasteiger partial charge in [0, 0.05) is 44.5 Å². The molecule has 2 fully saturated rings. The summed E-state index contributed by atoms with van der Waals surface area (Å²) < 4.78 is 0. The van der Waals surface area contributed by atoms with Gasteiger partial charge >= 0.3 is 0 Å². The first-order chi connectivity index (χ1) is 12.1. The van der Waals surface area contributed by atoms with Crippen LogP contribution in [0.4, 0.5) is 5.69 Å². The number of carbonyl (C=O) groups excluding carboxylic acids is 1. The van der Waals surface area contributed by atoms with Crippen LogP contribution in [0.3, 0.4) is 0 Å². The minimum Gasteiger partial charge on any atom is -0.368 e. The second-order valence-corrected chi connectivity index (χ2v) is 7.47. The predicted octanol–water partition coefficient (Wildman–Crippen LogP) is 1.57. The molecule has 0 saturated carbocycles. The molecule has 0 aromatic carbocycles. The quantitative estimate of drug-likeness (QED) is 0.897. The van der Waals surface area contributed by atoms with E-state index in [0.29, 0.717) is 17.8 Å². The molecular weight excluding hydrogens is 314 g/mol. The highest BCUT2D eigenvalue weighted by Gasteiger charge is 2.27. The Hall–Kier alpha value is -1.66. The van der Waals surface area contributed by atoms with E-state index >= 15 is 0 Å². The molecule has 0 spiro atoms. The summed E-state index contributed by atoms with van der Waals surface area (Å²) in [6.07, 6.45) is 5.27. The molecule has 2 N–H and O–H groups in total. The molecule has 0 bridgehead atoms. The fourth-order valence-electron chi connectivity index (χ4n) is 4.15. The van der Waals surface area contributed by atoms with Gasteiger partial charge in [0.15, 0.2) is 5.69 Å². The van der Waals surface area contributed by atoms with Gasteiger partial charge in [0.05, 0.1) is 5.69 Å². The number of hydrogen-bond acceptors (Lipinski definition) is 5. The van der Waals surface area contributed by atoms with Gasteiger partial charge in [-0.2, -0.15) is 0 Å². The van der Waals surface area contributed by atoms with Gasteiger partial charge in [-0.3, -0.25) is 9.69 Å². The molecule has 1 aromatic heterocycles. The van der Waals surface area contributed by atoms with E-state index in [0.717, 1.165) is 38.3 Å². The Balaban J connectivity index is 1.61. The van der Waals surface area contributed by atoms with E-state index in [2.05, 4.69) is 33.5 Å². The molecule has 0 aliphatic carbocycles. The van der Waals surface area contributed by atoms with Gasteiger partial charge in [-0.15, -0.1) is 0 Å². The number of carbonyl (C=O) groups is 1. The van der Waals surface area contributed by atoms with Crippen LogP contribution in [-0.4, -0.2) is 72.0 Å². The average Bonchev–Trinajstić information content (AvgIpc) is 2.88. The molecule has 3 heterocycles. The van der Waals surface area contributed by atoms with Gasteiger partial charge in [-0.25, -0.2) is 4.98 Å². The Morgan fingerprint density at radius 1 is 1.16 bits per heavy atom. The van der Waals surface area contributed by atoms with Crippen molar-refractivity contribution < 1.29 is 4.79 Å². The summed E-state index contributed by atoms with van der Waals surface area (Å²) in [5.41, 5.74) is 6.77. The largest absolute Gasteiger partial charge is 0.368 e. The topological polar surface area (TPSA) is 65.7 Å². The minimum absolute atomic E-state index is 0.390. The number of likely N-dealkylation sites (tertiary alicyclic amines) is 1. The molecule has 138 valence electrons. The maximum atomic E-state index is 11.7. The SMILES string of the molecule is CC(C)N1CCC(N2CCCN(c3cccnc3C(N)=O)CC2)CC1. The average molecular weight is 345 g/mol. The van der Waals surface area contributed by atoms with Gasteiger partial charge in [0.1, 0.15) is 0 Å². The van der Waals surface area contributed by atoms with Crippen molar-refractivity contribution >= 4 is 11.6 Å². The highest BCUT2D eigenvalue weighted by atomic mass is 16.1. The second kappa shape index (κ2) is 8.15. The summed E-state index contributed by atoms with van der Waals surface area (Å²) in [6.45, 7) is 11.0. The van der Waals surface area contributed by atoms with Gasteiger partial charge in [0.25, 0.3) is 5.91 Å². The Kier molecular flexibility index (Phi) is 5.91. The Labute approximate surface area is 151 Å². The summed E-state index contributed by atoms with van der Waals surface area (Å²) in [7, 11) is 0. The second-order valence-electron chi connectivity index (χ2n) is 7.47. The normalized spacial score (nSPS) is 21.5. The van der Waals surface area contributed by atoms with Crippen molar-refractivity contribution in [2.75, 3.05) is 44.2 Å². The first-order valence-electron chi connectivity index (χ1n) is 9.54. The third-order valence-electron chi connectivity index (χ3n) is 5.64. The maximum Gasteiger partial charge on any atom is 0.269 e. The number of anilines is 1. The molecular formula is C19H31N5O. The van der Waals surface area contributed by atoms with Crippen LogP contribution < -0.4 is 10.6 Å². The number of piperidine rings is 1. The van der Waals surface area contributed by atoms with Crippen LogP contribution in [-0.2, 0) is 0 Å². The molecule has 25 heavy (non-hydrogen) atoms. The monoisotopic (exact) mass is 345 g/mol. The lowest BCUT2D eigenvalue weighted by atomic mass is 10.0. The van der Waals surface area contributed by atoms with Crippen molar-refractivity contribution in [3.63, 3.8) is 0 Å². The van der Waals surface area contributed by atoms with Gasteiger partial charge in [-0.1, -0.05) is 0 Å². The Bertz CT molecular complexity index is 583. The van der Waals surface area contributed by atoms with Crippen LogP contribution in [0.1, 0.15) is 43.6 Å². The summed E-state index contributed by atoms with van der Waals surface area (Å²) in [5.74, 6) is -0.447. The fraction of sp³-hybridized carbons (Fsp3) is 0.684. The zero-order valence-electron chi connectivity index (χ0n) is 15.5. The number of primary amides is 1. The van der Waals surface area contributed by atoms with E-state index in [9.17, 15) is 4.79 Å². The zero-order valence-corrected chi connectivity index (χ0v) is 15.5. The summed E-state index contributed by atoms with van der Waals surface area (Å²) >= 11 is 0. The molecule has 6 nitrogen and oxygen atoms in total. The predicted molar refractivity (Wildman–Crippen MR) is 101 cm³/mol. The van der Waals surface area contributed by atoms with Crippen LogP contribution in [0.2, 0.25) is 0 Å². The number of amides is 1. The van der Waals surface area contributed by atoms with Crippen LogP contribution in [0.15, 0.2) is 18.3 Å². The minimum atomic E-state index is -0.447. The Morgan fingerprint density at radius 2 is 1.92 bits per heavy atom. The molecule has 0 unspecified atom stereocenters. The van der Waals surface area contributed by atoms with Crippen molar-refractivity contribution in [2.45, 2.75) is 45.2 Å². The molecule has 1 aromatic rings. The van der Waals surface area contributed by atoms with Crippen molar-refractivity contribution in [1.82, 2.24) is 14.8 Å². The van der Waals surface area contributed by atoms with Gasteiger partial charge in [0.2, 0.25) is 0 Å². The molecule has 1 amide bonds. The van der Waals surface area contributed by atoms with Crippen molar-refractivity contribution in [2.24, 2.45) is 5.73 Å². The third kappa shape index (κ3) is 4.30. The van der Waals surface area contributed by atoms with Gasteiger partial charge in [-0.05, 0) is 58.3 Å². The molecule has 0 atom stereocenters. The zero-order chi connectivity index (χ0) is 17.8. The number of aromatic nitrogens is 1. The van der Waals surface area contributed by atoms with E-state index in [1.807, 2.05) is 12.1 Å². The lowest BCUT2D eigenvalue weighted by Crippen LogP contribution is -2.47. The lowest BCUT2D eigenvalue weighted by Gasteiger charge is -2.39. The maximum absolute atomic E-state index is 11.7. The molecule has 6 heteroatoms. The van der Waals surface area contributed by atoms with E-state index in [-0.39, 0.29) is 0 Å². The summed E-state index contributed by atoms with van der Waals surface area (Å²) in [4.78, 5) is 23.4. The van der Waals surface area contributed by atoms with Crippen LogP contribution >= 0.6 is 0 Å². The standard InChI is InChI=1S/C19H31N5O/c1-15(2)22-11-6-16(7-12-22)23-9-4-10-24(14-13-23)17-5-3-8-21-18(17)19(20)25/h3,5,8,15-16H,4,6-7,9-14H2,1-2H3,(H2,20,25). The van der Waals surface area contributed by atoms with Gasteiger partial charge < -0.3 is 15.5 Å². The van der Waals surface area contributed by atoms with E-state index < -0.39 is 5.91 Å². The van der Waals surface area contributed by atoms with Crippen LogP contribution in [0.25, 0.3) is 0 Å². The highest BCUT2D eigenvalue weighted by Crippen LogP contribution is 2.23. The molecule has 3 rings (SSSR count). The fourth-order valence-corrected chi connectivity index (χ4v) is 4.15. The van der Waals surface area contributed by atoms with Crippen molar-refractivity contribution in [3.05, 3.63) is 24.0 Å². The number of nitrogens with two attached hydrogens (primary N) is 1. The smallest absolute Gasteiger partial charge is 0.269 e. The third-order valence-corrected chi connectivity index (χ3v) is 5.64. The van der Waals surface area contributed by atoms with E-state index in [1.165, 1.54) is 25.9 Å². The number of nitrogens with zero attached hydrogens (tertiary/aromatic N) is 4. The van der Waals surface area contributed by atoms with E-state index in [4.69, 9.17) is 5.73 Å².